The highest BCUT2D eigenvalue weighted by atomic mass is 32.1. The van der Waals surface area contributed by atoms with Crippen molar-refractivity contribution in [3.8, 4) is 16.3 Å². The normalized spacial score (nSPS) is 17.8. The number of hydrogen-bond donors (Lipinski definition) is 1. The van der Waals surface area contributed by atoms with Gasteiger partial charge in [-0.25, -0.2) is 14.8 Å². The minimum Gasteiger partial charge on any atom is -0.391 e. The van der Waals surface area contributed by atoms with Crippen LogP contribution in [-0.4, -0.2) is 50.4 Å². The van der Waals surface area contributed by atoms with Crippen molar-refractivity contribution in [1.82, 2.24) is 24.6 Å². The zero-order valence-corrected chi connectivity index (χ0v) is 23.2. The van der Waals surface area contributed by atoms with Crippen LogP contribution < -0.4 is 10.1 Å². The standard InChI is InChI=1S/C27H26F3N5O3S2/c1-15-24(35-11-12-39-25(35)32-15)38-26(37)31-14-19-7-2-3-10-34(19)23(36)20-21(40-22(33-20)16-8-9-16)17-5-4-6-18(13-17)27(28,29)30/h4-6,11-13,16,19H,2-3,7-10,14H2,1H3,(H,31,37)/t19-/m0/s1. The van der Waals surface area contributed by atoms with Gasteiger partial charge in [-0.05, 0) is 56.7 Å². The Hall–Kier alpha value is -3.45. The van der Waals surface area contributed by atoms with Gasteiger partial charge in [-0.2, -0.15) is 13.2 Å². The quantitative estimate of drug-likeness (QED) is 0.277. The van der Waals surface area contributed by atoms with Gasteiger partial charge in [-0.15, -0.1) is 22.7 Å². The number of ether oxygens (including phenoxy) is 1. The Labute approximate surface area is 235 Å². The number of aryl methyl sites for hydroxylation is 1. The Kier molecular flexibility index (Phi) is 7.03. The summed E-state index contributed by atoms with van der Waals surface area (Å²) in [6.45, 7) is 2.40. The molecule has 40 heavy (non-hydrogen) atoms. The highest BCUT2D eigenvalue weighted by Crippen LogP contribution is 2.45. The summed E-state index contributed by atoms with van der Waals surface area (Å²) in [5, 5.41) is 5.40. The Bertz CT molecular complexity index is 1570. The van der Waals surface area contributed by atoms with Gasteiger partial charge in [0.2, 0.25) is 5.88 Å². The molecule has 3 aromatic heterocycles. The number of hydrogen-bond acceptors (Lipinski definition) is 7. The number of imidazole rings is 1. The molecule has 4 aromatic rings. The van der Waals surface area contributed by atoms with E-state index < -0.39 is 17.8 Å². The molecule has 0 spiro atoms. The summed E-state index contributed by atoms with van der Waals surface area (Å²) in [6, 6.07) is 4.74. The molecule has 8 nitrogen and oxygen atoms in total. The number of alkyl halides is 3. The fourth-order valence-electron chi connectivity index (χ4n) is 4.96. The molecule has 1 aliphatic carbocycles. The van der Waals surface area contributed by atoms with Crippen LogP contribution in [-0.2, 0) is 6.18 Å². The fourth-order valence-corrected chi connectivity index (χ4v) is 6.93. The monoisotopic (exact) mass is 589 g/mol. The highest BCUT2D eigenvalue weighted by molar-refractivity contribution is 7.15. The number of rotatable bonds is 6. The molecule has 2 fully saturated rings. The predicted molar refractivity (Wildman–Crippen MR) is 145 cm³/mol. The first kappa shape index (κ1) is 26.8. The highest BCUT2D eigenvalue weighted by Gasteiger charge is 2.36. The molecule has 6 rings (SSSR count). The average molecular weight is 590 g/mol. The number of amides is 2. The zero-order chi connectivity index (χ0) is 28.0. The predicted octanol–water partition coefficient (Wildman–Crippen LogP) is 6.51. The van der Waals surface area contributed by atoms with Gasteiger partial charge in [0.05, 0.1) is 15.4 Å². The maximum atomic E-state index is 13.9. The van der Waals surface area contributed by atoms with Crippen LogP contribution in [0.3, 0.4) is 0 Å². The molecule has 4 heterocycles. The molecule has 13 heteroatoms. The number of aromatic nitrogens is 3. The molecular formula is C27H26F3N5O3S2. The summed E-state index contributed by atoms with van der Waals surface area (Å²) in [6.07, 6.45) is 0.882. The molecule has 0 unspecified atom stereocenters. The van der Waals surface area contributed by atoms with Gasteiger partial charge in [-0.3, -0.25) is 9.20 Å². The van der Waals surface area contributed by atoms with Crippen LogP contribution in [0.4, 0.5) is 18.0 Å². The third-order valence-corrected chi connectivity index (χ3v) is 9.19. The van der Waals surface area contributed by atoms with E-state index in [9.17, 15) is 22.8 Å². The number of carbonyl (C=O) groups is 2. The smallest absolute Gasteiger partial charge is 0.391 e. The van der Waals surface area contributed by atoms with Crippen molar-refractivity contribution < 1.29 is 27.5 Å². The van der Waals surface area contributed by atoms with Gasteiger partial charge in [-0.1, -0.05) is 12.1 Å². The van der Waals surface area contributed by atoms with Crippen molar-refractivity contribution in [3.05, 3.63) is 57.8 Å². The number of nitrogens with one attached hydrogen (secondary N) is 1. The van der Waals surface area contributed by atoms with Gasteiger partial charge >= 0.3 is 12.3 Å². The number of carbonyl (C=O) groups excluding carboxylic acids is 2. The first-order chi connectivity index (χ1) is 19.2. The second-order valence-corrected chi connectivity index (χ2v) is 12.0. The second kappa shape index (κ2) is 10.5. The number of halogens is 3. The van der Waals surface area contributed by atoms with Crippen LogP contribution in [0, 0.1) is 6.92 Å². The lowest BCUT2D eigenvalue weighted by Crippen LogP contribution is -2.50. The fraction of sp³-hybridized carbons (Fsp3) is 0.407. The number of fused-ring (bicyclic) bond motifs is 1. The first-order valence-electron chi connectivity index (χ1n) is 13.1. The maximum Gasteiger partial charge on any atom is 0.416 e. The maximum absolute atomic E-state index is 13.9. The van der Waals surface area contributed by atoms with Crippen LogP contribution in [0.25, 0.3) is 15.4 Å². The number of piperidine rings is 1. The van der Waals surface area contributed by atoms with Crippen LogP contribution in [0.5, 0.6) is 5.88 Å². The number of thiazole rings is 2. The van der Waals surface area contributed by atoms with Crippen LogP contribution >= 0.6 is 22.7 Å². The molecule has 0 radical (unpaired) electrons. The summed E-state index contributed by atoms with van der Waals surface area (Å²) in [5.41, 5.74) is 0.328. The van der Waals surface area contributed by atoms with Gasteiger partial charge in [0, 0.05) is 36.6 Å². The number of benzene rings is 1. The largest absolute Gasteiger partial charge is 0.416 e. The van der Waals surface area contributed by atoms with Crippen molar-refractivity contribution in [2.24, 2.45) is 0 Å². The van der Waals surface area contributed by atoms with Crippen LogP contribution in [0.15, 0.2) is 35.8 Å². The lowest BCUT2D eigenvalue weighted by atomic mass is 10.0. The van der Waals surface area contributed by atoms with Gasteiger partial charge in [0.25, 0.3) is 5.91 Å². The molecular weight excluding hydrogens is 563 g/mol. The molecule has 2 aliphatic rings. The molecule has 1 atom stereocenters. The van der Waals surface area contributed by atoms with Gasteiger partial charge < -0.3 is 15.0 Å². The first-order valence-corrected chi connectivity index (χ1v) is 14.8. The van der Waals surface area contributed by atoms with Crippen LogP contribution in [0.1, 0.15) is 64.8 Å². The lowest BCUT2D eigenvalue weighted by Gasteiger charge is -2.35. The minimum atomic E-state index is -4.49. The third kappa shape index (κ3) is 5.31. The molecule has 1 saturated heterocycles. The SMILES string of the molecule is Cc1nc2sccn2c1OC(=O)NC[C@@H]1CCCCN1C(=O)c1nc(C2CC2)sc1-c1cccc(C(F)(F)F)c1. The summed E-state index contributed by atoms with van der Waals surface area (Å²) in [4.78, 5) is 38.5. The summed E-state index contributed by atoms with van der Waals surface area (Å²) < 4.78 is 47.6. The summed E-state index contributed by atoms with van der Waals surface area (Å²) >= 11 is 2.73. The van der Waals surface area contributed by atoms with E-state index in [4.69, 9.17) is 4.74 Å². The van der Waals surface area contributed by atoms with E-state index in [1.54, 1.807) is 28.5 Å². The van der Waals surface area contributed by atoms with E-state index in [1.165, 1.54) is 28.7 Å². The second-order valence-electron chi connectivity index (χ2n) is 10.1. The molecule has 1 N–H and O–H groups in total. The van der Waals surface area contributed by atoms with Crippen molar-refractivity contribution in [2.45, 2.75) is 57.2 Å². The third-order valence-electron chi connectivity index (χ3n) is 7.17. The molecule has 1 aliphatic heterocycles. The topological polar surface area (TPSA) is 88.8 Å². The molecule has 0 bridgehead atoms. The molecule has 2 amide bonds. The van der Waals surface area contributed by atoms with Crippen molar-refractivity contribution in [3.63, 3.8) is 0 Å². The van der Waals surface area contributed by atoms with E-state index in [-0.39, 0.29) is 30.1 Å². The molecule has 1 saturated carbocycles. The van der Waals surface area contributed by atoms with E-state index in [2.05, 4.69) is 15.3 Å². The summed E-state index contributed by atoms with van der Waals surface area (Å²) in [7, 11) is 0. The number of likely N-dealkylation sites (tertiary alicyclic amines) is 1. The van der Waals surface area contributed by atoms with E-state index in [0.717, 1.165) is 47.8 Å². The van der Waals surface area contributed by atoms with Crippen LogP contribution in [0.2, 0.25) is 0 Å². The zero-order valence-electron chi connectivity index (χ0n) is 21.5. The Morgan fingerprint density at radius 3 is 2.77 bits per heavy atom. The van der Waals surface area contributed by atoms with E-state index in [0.29, 0.717) is 35.0 Å². The number of nitrogens with zero attached hydrogens (tertiary/aromatic N) is 4. The van der Waals surface area contributed by atoms with Crippen molar-refractivity contribution >= 4 is 39.6 Å². The Balaban J connectivity index is 1.21. The lowest BCUT2D eigenvalue weighted by molar-refractivity contribution is -0.137. The molecule has 210 valence electrons. The van der Waals surface area contributed by atoms with Gasteiger partial charge in [0.1, 0.15) is 11.4 Å². The molecule has 1 aromatic carbocycles. The van der Waals surface area contributed by atoms with Crippen molar-refractivity contribution in [1.29, 1.82) is 0 Å². The van der Waals surface area contributed by atoms with E-state index >= 15 is 0 Å². The Morgan fingerprint density at radius 1 is 1.18 bits per heavy atom. The Morgan fingerprint density at radius 2 is 2.00 bits per heavy atom. The summed E-state index contributed by atoms with van der Waals surface area (Å²) in [5.74, 6) is 0.250. The van der Waals surface area contributed by atoms with E-state index in [1.807, 2.05) is 5.38 Å². The minimum absolute atomic E-state index is 0.174. The van der Waals surface area contributed by atoms with Crippen molar-refractivity contribution in [2.75, 3.05) is 13.1 Å². The average Bonchev–Trinajstić information content (AvgIpc) is 3.40. The van der Waals surface area contributed by atoms with Gasteiger partial charge in [0.15, 0.2) is 4.96 Å².